The molecule has 3 rings (SSSR count). The zero-order valence-corrected chi connectivity index (χ0v) is 11.9. The molecule has 1 aromatic carbocycles. The molecule has 92 valence electrons. The SMILES string of the molecule is O=C1NCN(Cc2ccccc2)c2c(Br)csc21. The summed E-state index contributed by atoms with van der Waals surface area (Å²) in [6.07, 6.45) is 0. The van der Waals surface area contributed by atoms with E-state index in [-0.39, 0.29) is 5.91 Å². The lowest BCUT2D eigenvalue weighted by Gasteiger charge is -2.29. The van der Waals surface area contributed by atoms with Crippen LogP contribution >= 0.6 is 27.3 Å². The molecular formula is C13H11BrN2OS. The highest BCUT2D eigenvalue weighted by Crippen LogP contribution is 2.38. The fourth-order valence-electron chi connectivity index (χ4n) is 2.05. The first-order chi connectivity index (χ1) is 8.75. The fourth-order valence-corrected chi connectivity index (χ4v) is 3.78. The van der Waals surface area contributed by atoms with Crippen LogP contribution in [0, 0.1) is 0 Å². The number of fused-ring (bicyclic) bond motifs is 1. The monoisotopic (exact) mass is 322 g/mol. The molecule has 1 aliphatic heterocycles. The first kappa shape index (κ1) is 11.7. The highest BCUT2D eigenvalue weighted by molar-refractivity contribution is 9.10. The van der Waals surface area contributed by atoms with Crippen molar-refractivity contribution >= 4 is 38.9 Å². The number of benzene rings is 1. The first-order valence-corrected chi connectivity index (χ1v) is 7.27. The van der Waals surface area contributed by atoms with E-state index in [0.717, 1.165) is 21.6 Å². The molecule has 3 nitrogen and oxygen atoms in total. The maximum Gasteiger partial charge on any atom is 0.264 e. The fraction of sp³-hybridized carbons (Fsp3) is 0.154. The Hall–Kier alpha value is -1.33. The Morgan fingerprint density at radius 1 is 1.33 bits per heavy atom. The summed E-state index contributed by atoms with van der Waals surface area (Å²) in [5, 5.41) is 4.86. The van der Waals surface area contributed by atoms with Gasteiger partial charge in [-0.1, -0.05) is 30.3 Å². The van der Waals surface area contributed by atoms with Crippen LogP contribution in [-0.2, 0) is 6.54 Å². The van der Waals surface area contributed by atoms with Crippen molar-refractivity contribution in [3.8, 4) is 0 Å². The predicted octanol–water partition coefficient (Wildman–Crippen LogP) is 3.22. The van der Waals surface area contributed by atoms with Crippen LogP contribution in [0.4, 0.5) is 5.69 Å². The number of rotatable bonds is 2. The normalized spacial score (nSPS) is 14.3. The Labute approximate surface area is 118 Å². The zero-order chi connectivity index (χ0) is 12.5. The van der Waals surface area contributed by atoms with Crippen LogP contribution in [0.3, 0.4) is 0 Å². The molecule has 2 heterocycles. The first-order valence-electron chi connectivity index (χ1n) is 5.60. The minimum absolute atomic E-state index is 0.0185. The average Bonchev–Trinajstić information content (AvgIpc) is 2.78. The molecule has 0 aliphatic carbocycles. The lowest BCUT2D eigenvalue weighted by atomic mass is 10.2. The van der Waals surface area contributed by atoms with E-state index in [2.05, 4.69) is 38.3 Å². The van der Waals surface area contributed by atoms with Crippen molar-refractivity contribution in [2.45, 2.75) is 6.54 Å². The molecule has 2 aromatic rings. The smallest absolute Gasteiger partial charge is 0.264 e. The van der Waals surface area contributed by atoms with Crippen molar-refractivity contribution < 1.29 is 4.79 Å². The summed E-state index contributed by atoms with van der Waals surface area (Å²) < 4.78 is 0.994. The molecule has 0 fully saturated rings. The van der Waals surface area contributed by atoms with Crippen LogP contribution in [0.1, 0.15) is 15.2 Å². The summed E-state index contributed by atoms with van der Waals surface area (Å²) in [5.74, 6) is 0.0185. The summed E-state index contributed by atoms with van der Waals surface area (Å²) in [7, 11) is 0. The minimum atomic E-state index is 0.0185. The molecule has 0 radical (unpaired) electrons. The number of carbonyl (C=O) groups is 1. The molecule has 5 heteroatoms. The van der Waals surface area contributed by atoms with Gasteiger partial charge >= 0.3 is 0 Å². The number of halogens is 1. The van der Waals surface area contributed by atoms with E-state index in [1.165, 1.54) is 16.9 Å². The molecule has 0 saturated carbocycles. The minimum Gasteiger partial charge on any atom is -0.347 e. The maximum atomic E-state index is 11.7. The third-order valence-electron chi connectivity index (χ3n) is 2.89. The van der Waals surface area contributed by atoms with Crippen molar-refractivity contribution in [2.24, 2.45) is 0 Å². The standard InChI is InChI=1S/C13H11BrN2OS/c14-10-7-18-12-11(10)16(8-15-13(12)17)6-9-4-2-1-3-5-9/h1-5,7H,6,8H2,(H,15,17). The van der Waals surface area contributed by atoms with Crippen molar-refractivity contribution in [2.75, 3.05) is 11.6 Å². The number of nitrogens with zero attached hydrogens (tertiary/aromatic N) is 1. The van der Waals surface area contributed by atoms with E-state index in [1.54, 1.807) is 0 Å². The summed E-state index contributed by atoms with van der Waals surface area (Å²) >= 11 is 5.00. The predicted molar refractivity (Wildman–Crippen MR) is 77.0 cm³/mol. The molecule has 0 spiro atoms. The van der Waals surface area contributed by atoms with Gasteiger partial charge < -0.3 is 10.2 Å². The Balaban J connectivity index is 1.93. The second-order valence-corrected chi connectivity index (χ2v) is 5.84. The Morgan fingerprint density at radius 2 is 2.11 bits per heavy atom. The molecule has 0 saturated heterocycles. The van der Waals surface area contributed by atoms with Crippen LogP contribution in [0.25, 0.3) is 0 Å². The van der Waals surface area contributed by atoms with E-state index >= 15 is 0 Å². The molecule has 0 bridgehead atoms. The largest absolute Gasteiger partial charge is 0.347 e. The van der Waals surface area contributed by atoms with Crippen LogP contribution < -0.4 is 10.2 Å². The van der Waals surface area contributed by atoms with Crippen molar-refractivity contribution in [3.63, 3.8) is 0 Å². The number of hydrogen-bond acceptors (Lipinski definition) is 3. The number of amides is 1. The maximum absolute atomic E-state index is 11.7. The van der Waals surface area contributed by atoms with Gasteiger partial charge in [-0.15, -0.1) is 11.3 Å². The second kappa shape index (κ2) is 4.74. The van der Waals surface area contributed by atoms with Crippen LogP contribution in [0.2, 0.25) is 0 Å². The third-order valence-corrected chi connectivity index (χ3v) is 4.77. The number of carbonyl (C=O) groups excluding carboxylic acids is 1. The van der Waals surface area contributed by atoms with E-state index in [9.17, 15) is 4.79 Å². The zero-order valence-electron chi connectivity index (χ0n) is 9.52. The Kier molecular flexibility index (Phi) is 3.09. The number of hydrogen-bond donors (Lipinski definition) is 1. The van der Waals surface area contributed by atoms with Gasteiger partial charge in [-0.2, -0.15) is 0 Å². The Morgan fingerprint density at radius 3 is 2.89 bits per heavy atom. The van der Waals surface area contributed by atoms with Gasteiger partial charge in [-0.3, -0.25) is 4.79 Å². The Bertz CT molecular complexity index is 582. The molecule has 18 heavy (non-hydrogen) atoms. The van der Waals surface area contributed by atoms with Gasteiger partial charge in [0.1, 0.15) is 4.88 Å². The van der Waals surface area contributed by atoms with Gasteiger partial charge in [-0.05, 0) is 21.5 Å². The number of anilines is 1. The van der Waals surface area contributed by atoms with Gasteiger partial charge in [0.05, 0.1) is 16.8 Å². The second-order valence-electron chi connectivity index (χ2n) is 4.11. The lowest BCUT2D eigenvalue weighted by Crippen LogP contribution is -2.42. The summed E-state index contributed by atoms with van der Waals surface area (Å²) in [5.41, 5.74) is 2.24. The highest BCUT2D eigenvalue weighted by Gasteiger charge is 2.26. The third kappa shape index (κ3) is 2.04. The number of nitrogens with one attached hydrogen (secondary N) is 1. The highest BCUT2D eigenvalue weighted by atomic mass is 79.9. The van der Waals surface area contributed by atoms with Crippen molar-refractivity contribution in [1.29, 1.82) is 0 Å². The van der Waals surface area contributed by atoms with E-state index in [4.69, 9.17) is 0 Å². The molecular weight excluding hydrogens is 312 g/mol. The topological polar surface area (TPSA) is 32.3 Å². The quantitative estimate of drug-likeness (QED) is 0.920. The van der Waals surface area contributed by atoms with Crippen molar-refractivity contribution in [1.82, 2.24) is 5.32 Å². The van der Waals surface area contributed by atoms with E-state index in [0.29, 0.717) is 6.67 Å². The van der Waals surface area contributed by atoms with Gasteiger partial charge in [0, 0.05) is 11.9 Å². The summed E-state index contributed by atoms with van der Waals surface area (Å²) in [6, 6.07) is 10.3. The van der Waals surface area contributed by atoms with Gasteiger partial charge in [0.2, 0.25) is 0 Å². The average molecular weight is 323 g/mol. The van der Waals surface area contributed by atoms with Crippen LogP contribution in [0.15, 0.2) is 40.2 Å². The van der Waals surface area contributed by atoms with Gasteiger partial charge in [0.15, 0.2) is 0 Å². The number of thiophene rings is 1. The summed E-state index contributed by atoms with van der Waals surface area (Å²) in [6.45, 7) is 1.35. The van der Waals surface area contributed by atoms with Crippen molar-refractivity contribution in [3.05, 3.63) is 50.6 Å². The lowest BCUT2D eigenvalue weighted by molar-refractivity contribution is 0.0951. The summed E-state index contributed by atoms with van der Waals surface area (Å²) in [4.78, 5) is 14.7. The van der Waals surface area contributed by atoms with Crippen LogP contribution in [0.5, 0.6) is 0 Å². The van der Waals surface area contributed by atoms with Crippen LogP contribution in [-0.4, -0.2) is 12.6 Å². The van der Waals surface area contributed by atoms with E-state index < -0.39 is 0 Å². The van der Waals surface area contributed by atoms with Gasteiger partial charge in [-0.25, -0.2) is 0 Å². The van der Waals surface area contributed by atoms with E-state index in [1.807, 2.05) is 23.6 Å². The van der Waals surface area contributed by atoms with Gasteiger partial charge in [0.25, 0.3) is 5.91 Å². The molecule has 1 aliphatic rings. The molecule has 1 amide bonds. The molecule has 1 N–H and O–H groups in total. The molecule has 0 atom stereocenters. The molecule has 1 aromatic heterocycles. The molecule has 0 unspecified atom stereocenters.